The zero-order valence-electron chi connectivity index (χ0n) is 10.0. The van der Waals surface area contributed by atoms with E-state index in [1.807, 2.05) is 20.0 Å². The Labute approximate surface area is 100 Å². The summed E-state index contributed by atoms with van der Waals surface area (Å²) in [6.45, 7) is 1.90. The molecule has 0 saturated heterocycles. The normalized spacial score (nSPS) is 12.7. The molecule has 1 heterocycles. The molecule has 0 amide bonds. The van der Waals surface area contributed by atoms with Gasteiger partial charge in [0, 0.05) is 13.2 Å². The Morgan fingerprint density at radius 2 is 2.18 bits per heavy atom. The molecule has 0 radical (unpaired) electrons. The van der Waals surface area contributed by atoms with E-state index in [4.69, 9.17) is 5.73 Å². The van der Waals surface area contributed by atoms with Gasteiger partial charge in [0.15, 0.2) is 0 Å². The van der Waals surface area contributed by atoms with Crippen LogP contribution in [0.2, 0.25) is 0 Å². The summed E-state index contributed by atoms with van der Waals surface area (Å²) >= 11 is 0. The lowest BCUT2D eigenvalue weighted by Crippen LogP contribution is -2.17. The third kappa shape index (κ3) is 2.53. The molecule has 0 fully saturated rings. The van der Waals surface area contributed by atoms with Gasteiger partial charge in [0.2, 0.25) is 0 Å². The van der Waals surface area contributed by atoms with E-state index in [2.05, 4.69) is 5.10 Å². The first-order valence-electron chi connectivity index (χ1n) is 5.56. The van der Waals surface area contributed by atoms with Crippen molar-refractivity contribution in [2.24, 2.45) is 12.8 Å². The van der Waals surface area contributed by atoms with Crippen molar-refractivity contribution in [3.05, 3.63) is 53.1 Å². The van der Waals surface area contributed by atoms with E-state index < -0.39 is 0 Å². The van der Waals surface area contributed by atoms with Crippen LogP contribution in [0.1, 0.15) is 22.9 Å². The monoisotopic (exact) mass is 233 g/mol. The highest BCUT2D eigenvalue weighted by Crippen LogP contribution is 2.18. The molecule has 0 aliphatic rings. The second-order valence-electron chi connectivity index (χ2n) is 4.26. The van der Waals surface area contributed by atoms with Gasteiger partial charge in [-0.05, 0) is 42.7 Å². The Bertz CT molecular complexity index is 519. The summed E-state index contributed by atoms with van der Waals surface area (Å²) in [6.07, 6.45) is 2.42. The Hall–Kier alpha value is -1.68. The third-order valence-corrected chi connectivity index (χ3v) is 2.98. The molecular weight excluding hydrogens is 217 g/mol. The minimum Gasteiger partial charge on any atom is -0.322 e. The standard InChI is InChI=1S/C13H16FN3/c1-9-7-11(14)4-3-10(9)8-12(15)13-5-6-16-17(13)2/h3-7,12H,8,15H2,1-2H3. The lowest BCUT2D eigenvalue weighted by Gasteiger charge is -2.13. The van der Waals surface area contributed by atoms with Gasteiger partial charge >= 0.3 is 0 Å². The number of hydrogen-bond donors (Lipinski definition) is 1. The van der Waals surface area contributed by atoms with Gasteiger partial charge in [-0.2, -0.15) is 5.10 Å². The van der Waals surface area contributed by atoms with Crippen molar-refractivity contribution in [2.75, 3.05) is 0 Å². The SMILES string of the molecule is Cc1cc(F)ccc1CC(N)c1ccnn1C. The molecule has 0 aliphatic heterocycles. The predicted octanol–water partition coefficient (Wildman–Crippen LogP) is 2.11. The van der Waals surface area contributed by atoms with Crippen LogP contribution in [0.4, 0.5) is 4.39 Å². The van der Waals surface area contributed by atoms with Gasteiger partial charge in [-0.25, -0.2) is 4.39 Å². The summed E-state index contributed by atoms with van der Waals surface area (Å²) in [5.74, 6) is -0.208. The number of aryl methyl sites for hydroxylation is 2. The fourth-order valence-corrected chi connectivity index (χ4v) is 1.98. The van der Waals surface area contributed by atoms with Crippen molar-refractivity contribution in [2.45, 2.75) is 19.4 Å². The zero-order chi connectivity index (χ0) is 12.4. The van der Waals surface area contributed by atoms with Gasteiger partial charge in [0.05, 0.1) is 11.7 Å². The number of halogens is 1. The summed E-state index contributed by atoms with van der Waals surface area (Å²) in [5, 5.41) is 4.09. The van der Waals surface area contributed by atoms with E-state index in [-0.39, 0.29) is 11.9 Å². The quantitative estimate of drug-likeness (QED) is 0.882. The predicted molar refractivity (Wildman–Crippen MR) is 65.0 cm³/mol. The van der Waals surface area contributed by atoms with E-state index in [1.54, 1.807) is 16.9 Å². The summed E-state index contributed by atoms with van der Waals surface area (Å²) in [6, 6.07) is 6.58. The molecule has 1 aromatic heterocycles. The van der Waals surface area contributed by atoms with E-state index in [1.165, 1.54) is 12.1 Å². The maximum absolute atomic E-state index is 13.0. The fraction of sp³-hybridized carbons (Fsp3) is 0.308. The number of aromatic nitrogens is 2. The first-order chi connectivity index (χ1) is 8.08. The van der Waals surface area contributed by atoms with Crippen LogP contribution >= 0.6 is 0 Å². The second kappa shape index (κ2) is 4.67. The molecular formula is C13H16FN3. The maximum Gasteiger partial charge on any atom is 0.123 e. The van der Waals surface area contributed by atoms with Crippen LogP contribution in [0.5, 0.6) is 0 Å². The highest BCUT2D eigenvalue weighted by molar-refractivity contribution is 5.28. The molecule has 90 valence electrons. The first-order valence-corrected chi connectivity index (χ1v) is 5.56. The molecule has 2 rings (SSSR count). The molecule has 0 saturated carbocycles. The minimum atomic E-state index is -0.208. The van der Waals surface area contributed by atoms with Gasteiger partial charge < -0.3 is 5.73 Å². The molecule has 0 bridgehead atoms. The second-order valence-corrected chi connectivity index (χ2v) is 4.26. The highest BCUT2D eigenvalue weighted by atomic mass is 19.1. The van der Waals surface area contributed by atoms with Gasteiger partial charge in [0.25, 0.3) is 0 Å². The van der Waals surface area contributed by atoms with Crippen molar-refractivity contribution in [1.82, 2.24) is 9.78 Å². The summed E-state index contributed by atoms with van der Waals surface area (Å²) in [7, 11) is 1.87. The lowest BCUT2D eigenvalue weighted by atomic mass is 10.00. The number of nitrogens with two attached hydrogens (primary N) is 1. The average molecular weight is 233 g/mol. The molecule has 1 atom stereocenters. The van der Waals surface area contributed by atoms with Crippen LogP contribution in [0.3, 0.4) is 0 Å². The average Bonchev–Trinajstić information content (AvgIpc) is 2.68. The zero-order valence-corrected chi connectivity index (χ0v) is 10.0. The highest BCUT2D eigenvalue weighted by Gasteiger charge is 2.12. The molecule has 2 N–H and O–H groups in total. The van der Waals surface area contributed by atoms with Crippen molar-refractivity contribution in [3.8, 4) is 0 Å². The molecule has 3 nitrogen and oxygen atoms in total. The van der Waals surface area contributed by atoms with Crippen LogP contribution < -0.4 is 5.73 Å². The topological polar surface area (TPSA) is 43.8 Å². The molecule has 1 unspecified atom stereocenters. The Kier molecular flexibility index (Phi) is 3.24. The van der Waals surface area contributed by atoms with E-state index in [0.717, 1.165) is 16.8 Å². The van der Waals surface area contributed by atoms with Crippen LogP contribution in [0, 0.1) is 12.7 Å². The molecule has 1 aromatic carbocycles. The van der Waals surface area contributed by atoms with Crippen molar-refractivity contribution >= 4 is 0 Å². The van der Waals surface area contributed by atoms with Gasteiger partial charge in [0.1, 0.15) is 5.82 Å². The van der Waals surface area contributed by atoms with E-state index >= 15 is 0 Å². The van der Waals surface area contributed by atoms with Crippen LogP contribution in [0.25, 0.3) is 0 Å². The number of hydrogen-bond acceptors (Lipinski definition) is 2. The minimum absolute atomic E-state index is 0.119. The summed E-state index contributed by atoms with van der Waals surface area (Å²) in [4.78, 5) is 0. The van der Waals surface area contributed by atoms with E-state index in [9.17, 15) is 4.39 Å². The lowest BCUT2D eigenvalue weighted by molar-refractivity contribution is 0.609. The number of rotatable bonds is 3. The number of nitrogens with zero attached hydrogens (tertiary/aromatic N) is 2. The molecule has 4 heteroatoms. The van der Waals surface area contributed by atoms with Crippen molar-refractivity contribution in [1.29, 1.82) is 0 Å². The molecule has 2 aromatic rings. The smallest absolute Gasteiger partial charge is 0.123 e. The third-order valence-electron chi connectivity index (χ3n) is 2.98. The van der Waals surface area contributed by atoms with Crippen molar-refractivity contribution < 1.29 is 4.39 Å². The van der Waals surface area contributed by atoms with Crippen molar-refractivity contribution in [3.63, 3.8) is 0 Å². The maximum atomic E-state index is 13.0. The largest absolute Gasteiger partial charge is 0.322 e. The first kappa shape index (κ1) is 11.8. The van der Waals surface area contributed by atoms with Crippen LogP contribution in [0.15, 0.2) is 30.5 Å². The number of benzene rings is 1. The van der Waals surface area contributed by atoms with Gasteiger partial charge in [-0.1, -0.05) is 6.07 Å². The Morgan fingerprint density at radius 3 is 2.76 bits per heavy atom. The van der Waals surface area contributed by atoms with Gasteiger partial charge in [-0.3, -0.25) is 4.68 Å². The molecule has 0 spiro atoms. The summed E-state index contributed by atoms with van der Waals surface area (Å²) in [5.41, 5.74) is 9.11. The molecule has 17 heavy (non-hydrogen) atoms. The van der Waals surface area contributed by atoms with Crippen LogP contribution in [-0.2, 0) is 13.5 Å². The van der Waals surface area contributed by atoms with Gasteiger partial charge in [-0.15, -0.1) is 0 Å². The Morgan fingerprint density at radius 1 is 1.41 bits per heavy atom. The fourth-order valence-electron chi connectivity index (χ4n) is 1.98. The van der Waals surface area contributed by atoms with E-state index in [0.29, 0.717) is 6.42 Å². The van der Waals surface area contributed by atoms with Crippen LogP contribution in [-0.4, -0.2) is 9.78 Å². The summed E-state index contributed by atoms with van der Waals surface area (Å²) < 4.78 is 14.7. The molecule has 0 aliphatic carbocycles. The Balaban J connectivity index is 2.19.